The van der Waals surface area contributed by atoms with Gasteiger partial charge in [-0.1, -0.05) is 11.8 Å². The van der Waals surface area contributed by atoms with Crippen molar-refractivity contribution in [1.29, 1.82) is 0 Å². The Labute approximate surface area is 124 Å². The van der Waals surface area contributed by atoms with Crippen LogP contribution >= 0.6 is 0 Å². The van der Waals surface area contributed by atoms with Crippen molar-refractivity contribution in [3.05, 3.63) is 29.8 Å². The molecule has 21 heavy (non-hydrogen) atoms. The van der Waals surface area contributed by atoms with Gasteiger partial charge >= 0.3 is 0 Å². The van der Waals surface area contributed by atoms with Crippen molar-refractivity contribution in [2.45, 2.75) is 23.8 Å². The maximum Gasteiger partial charge on any atom is 0.241 e. The van der Waals surface area contributed by atoms with Crippen LogP contribution in [0.25, 0.3) is 0 Å². The van der Waals surface area contributed by atoms with Crippen LogP contribution in [0.3, 0.4) is 0 Å². The van der Waals surface area contributed by atoms with Gasteiger partial charge in [-0.15, -0.1) is 0 Å². The molecule has 0 aromatic heterocycles. The molecule has 6 nitrogen and oxygen atoms in total. The molecule has 1 aromatic rings. The Bertz CT molecular complexity index is 668. The highest BCUT2D eigenvalue weighted by Crippen LogP contribution is 2.18. The Hall–Kier alpha value is -1.88. The SMILES string of the molecule is NCC#Cc1ccc(S(=O)(=O)NCC(=O)NC2CC2)cc1. The molecule has 0 unspecified atom stereocenters. The minimum absolute atomic E-state index is 0.0972. The second-order valence-electron chi connectivity index (χ2n) is 4.70. The van der Waals surface area contributed by atoms with E-state index >= 15 is 0 Å². The molecule has 0 bridgehead atoms. The third-order valence-corrected chi connectivity index (χ3v) is 4.28. The highest BCUT2D eigenvalue weighted by atomic mass is 32.2. The quantitative estimate of drug-likeness (QED) is 0.642. The lowest BCUT2D eigenvalue weighted by atomic mass is 10.2. The summed E-state index contributed by atoms with van der Waals surface area (Å²) >= 11 is 0. The van der Waals surface area contributed by atoms with Crippen molar-refractivity contribution in [2.75, 3.05) is 13.1 Å². The van der Waals surface area contributed by atoms with Crippen LogP contribution in [0.2, 0.25) is 0 Å². The summed E-state index contributed by atoms with van der Waals surface area (Å²) in [5.74, 6) is 5.18. The minimum Gasteiger partial charge on any atom is -0.352 e. The van der Waals surface area contributed by atoms with Crippen molar-refractivity contribution < 1.29 is 13.2 Å². The minimum atomic E-state index is -3.69. The van der Waals surface area contributed by atoms with E-state index in [-0.39, 0.29) is 29.9 Å². The number of hydrogen-bond acceptors (Lipinski definition) is 4. The summed E-state index contributed by atoms with van der Waals surface area (Å²) in [5.41, 5.74) is 5.95. The number of hydrogen-bond donors (Lipinski definition) is 3. The van der Waals surface area contributed by atoms with Gasteiger partial charge in [0.2, 0.25) is 15.9 Å². The van der Waals surface area contributed by atoms with Gasteiger partial charge in [-0.05, 0) is 37.1 Å². The zero-order chi connectivity index (χ0) is 15.3. The fourth-order valence-electron chi connectivity index (χ4n) is 1.62. The Morgan fingerprint density at radius 3 is 2.52 bits per heavy atom. The fraction of sp³-hybridized carbons (Fsp3) is 0.357. The molecular formula is C14H17N3O3S. The molecule has 0 aliphatic heterocycles. The zero-order valence-electron chi connectivity index (χ0n) is 11.4. The first kappa shape index (κ1) is 15.5. The number of nitrogens with one attached hydrogen (secondary N) is 2. The van der Waals surface area contributed by atoms with E-state index in [9.17, 15) is 13.2 Å². The van der Waals surface area contributed by atoms with Gasteiger partial charge in [-0.25, -0.2) is 13.1 Å². The number of amides is 1. The van der Waals surface area contributed by atoms with E-state index < -0.39 is 10.0 Å². The van der Waals surface area contributed by atoms with E-state index in [2.05, 4.69) is 21.9 Å². The van der Waals surface area contributed by atoms with Crippen LogP contribution in [-0.4, -0.2) is 33.5 Å². The maximum atomic E-state index is 12.0. The third-order valence-electron chi connectivity index (χ3n) is 2.86. The molecule has 1 amide bonds. The Kier molecular flexibility index (Phi) is 4.96. The summed E-state index contributed by atoms with van der Waals surface area (Å²) in [7, 11) is -3.69. The molecule has 1 aliphatic rings. The summed E-state index contributed by atoms with van der Waals surface area (Å²) < 4.78 is 26.3. The molecule has 0 saturated heterocycles. The second-order valence-corrected chi connectivity index (χ2v) is 6.46. The molecule has 0 heterocycles. The van der Waals surface area contributed by atoms with E-state index in [4.69, 9.17) is 5.73 Å². The number of benzene rings is 1. The van der Waals surface area contributed by atoms with Crippen molar-refractivity contribution in [3.8, 4) is 11.8 Å². The van der Waals surface area contributed by atoms with Gasteiger partial charge in [0.25, 0.3) is 0 Å². The Morgan fingerprint density at radius 2 is 1.95 bits per heavy atom. The molecule has 0 atom stereocenters. The first-order valence-corrected chi connectivity index (χ1v) is 8.07. The lowest BCUT2D eigenvalue weighted by Crippen LogP contribution is -2.37. The molecule has 4 N–H and O–H groups in total. The van der Waals surface area contributed by atoms with E-state index in [1.54, 1.807) is 12.1 Å². The van der Waals surface area contributed by atoms with Crippen LogP contribution in [0.4, 0.5) is 0 Å². The van der Waals surface area contributed by atoms with Gasteiger partial charge in [0.05, 0.1) is 18.0 Å². The van der Waals surface area contributed by atoms with Gasteiger partial charge in [0.15, 0.2) is 0 Å². The maximum absolute atomic E-state index is 12.0. The number of nitrogens with two attached hydrogens (primary N) is 1. The van der Waals surface area contributed by atoms with Crippen molar-refractivity contribution in [2.24, 2.45) is 5.73 Å². The van der Waals surface area contributed by atoms with Crippen LogP contribution in [0.1, 0.15) is 18.4 Å². The molecule has 112 valence electrons. The summed E-state index contributed by atoms with van der Waals surface area (Å²) in [5, 5.41) is 2.71. The second kappa shape index (κ2) is 6.72. The third kappa shape index (κ3) is 4.86. The van der Waals surface area contributed by atoms with Crippen LogP contribution < -0.4 is 15.8 Å². The predicted octanol–water partition coefficient (Wildman–Crippen LogP) is -0.446. The average Bonchev–Trinajstić information content (AvgIpc) is 3.27. The summed E-state index contributed by atoms with van der Waals surface area (Å²) in [6.07, 6.45) is 1.92. The predicted molar refractivity (Wildman–Crippen MR) is 78.7 cm³/mol. The van der Waals surface area contributed by atoms with Crippen molar-refractivity contribution in [3.63, 3.8) is 0 Å². The molecular weight excluding hydrogens is 290 g/mol. The molecule has 1 aliphatic carbocycles. The van der Waals surface area contributed by atoms with E-state index in [0.29, 0.717) is 5.56 Å². The lowest BCUT2D eigenvalue weighted by molar-refractivity contribution is -0.120. The summed E-state index contributed by atoms with van der Waals surface area (Å²) in [6, 6.07) is 6.30. The normalized spacial score (nSPS) is 14.1. The molecule has 0 radical (unpaired) electrons. The first-order valence-electron chi connectivity index (χ1n) is 6.59. The van der Waals surface area contributed by atoms with Crippen LogP contribution in [-0.2, 0) is 14.8 Å². The topological polar surface area (TPSA) is 101 Å². The number of carbonyl (C=O) groups is 1. The number of rotatable bonds is 5. The first-order chi connectivity index (χ1) is 10.0. The summed E-state index contributed by atoms with van der Waals surface area (Å²) in [4.78, 5) is 11.6. The number of carbonyl (C=O) groups excluding carboxylic acids is 1. The van der Waals surface area contributed by atoms with Gasteiger partial charge in [0, 0.05) is 11.6 Å². The highest BCUT2D eigenvalue weighted by molar-refractivity contribution is 7.89. The Balaban J connectivity index is 1.96. The average molecular weight is 307 g/mol. The van der Waals surface area contributed by atoms with Crippen LogP contribution in [0.15, 0.2) is 29.2 Å². The van der Waals surface area contributed by atoms with Gasteiger partial charge in [0.1, 0.15) is 0 Å². The monoisotopic (exact) mass is 307 g/mol. The zero-order valence-corrected chi connectivity index (χ0v) is 12.2. The Morgan fingerprint density at radius 1 is 1.29 bits per heavy atom. The van der Waals surface area contributed by atoms with E-state index in [0.717, 1.165) is 12.8 Å². The molecule has 2 rings (SSSR count). The molecule has 1 aromatic carbocycles. The lowest BCUT2D eigenvalue weighted by Gasteiger charge is -2.07. The molecule has 7 heteroatoms. The highest BCUT2D eigenvalue weighted by Gasteiger charge is 2.24. The van der Waals surface area contributed by atoms with E-state index in [1.807, 2.05) is 0 Å². The molecule has 1 fully saturated rings. The largest absolute Gasteiger partial charge is 0.352 e. The van der Waals surface area contributed by atoms with Gasteiger partial charge < -0.3 is 11.1 Å². The molecule has 1 saturated carbocycles. The van der Waals surface area contributed by atoms with Crippen molar-refractivity contribution in [1.82, 2.24) is 10.0 Å². The standard InChI is InChI=1S/C14H17N3O3S/c15-9-1-2-11-3-7-13(8-4-11)21(19,20)16-10-14(18)17-12-5-6-12/h3-4,7-8,12,16H,5-6,9-10,15H2,(H,17,18). The van der Waals surface area contributed by atoms with Crippen molar-refractivity contribution >= 4 is 15.9 Å². The summed E-state index contributed by atoms with van der Waals surface area (Å²) in [6.45, 7) is -0.00866. The van der Waals surface area contributed by atoms with E-state index in [1.165, 1.54) is 12.1 Å². The number of sulfonamides is 1. The fourth-order valence-corrected chi connectivity index (χ4v) is 2.60. The van der Waals surface area contributed by atoms with Crippen LogP contribution in [0, 0.1) is 11.8 Å². The smallest absolute Gasteiger partial charge is 0.241 e. The van der Waals surface area contributed by atoms with Crippen LogP contribution in [0.5, 0.6) is 0 Å². The molecule has 0 spiro atoms. The van der Waals surface area contributed by atoms with Gasteiger partial charge in [-0.3, -0.25) is 4.79 Å². The van der Waals surface area contributed by atoms with Gasteiger partial charge in [-0.2, -0.15) is 0 Å².